The molecule has 1 aliphatic rings. The number of nitro benzene ring substituents is 1. The van der Waals surface area contributed by atoms with Crippen molar-refractivity contribution in [1.29, 1.82) is 0 Å². The van der Waals surface area contributed by atoms with Crippen molar-refractivity contribution in [2.24, 2.45) is 0 Å². The van der Waals surface area contributed by atoms with E-state index in [1.54, 1.807) is 0 Å². The number of rotatable bonds is 6. The maximum atomic E-state index is 13.3. The van der Waals surface area contributed by atoms with E-state index in [9.17, 15) is 18.9 Å². The van der Waals surface area contributed by atoms with Gasteiger partial charge in [0.15, 0.2) is 0 Å². The van der Waals surface area contributed by atoms with E-state index in [4.69, 9.17) is 0 Å². The second-order valence-corrected chi connectivity index (χ2v) is 4.20. The van der Waals surface area contributed by atoms with Crippen LogP contribution >= 0.6 is 0 Å². The van der Waals surface area contributed by atoms with Crippen LogP contribution in [-0.2, 0) is 0 Å². The molecule has 0 aromatic heterocycles. The lowest BCUT2D eigenvalue weighted by Crippen LogP contribution is -2.24. The summed E-state index contributed by atoms with van der Waals surface area (Å²) in [5.74, 6) is -2.01. The lowest BCUT2D eigenvalue weighted by Gasteiger charge is -2.08. The molecule has 98 valence electrons. The number of nitrogens with zero attached hydrogens (tertiary/aromatic N) is 1. The van der Waals surface area contributed by atoms with Crippen LogP contribution in [0.15, 0.2) is 12.1 Å². The summed E-state index contributed by atoms with van der Waals surface area (Å²) in [6.45, 7) is 0.972. The number of nitro groups is 1. The van der Waals surface area contributed by atoms with Gasteiger partial charge >= 0.3 is 5.69 Å². The van der Waals surface area contributed by atoms with Crippen LogP contribution in [0.3, 0.4) is 0 Å². The van der Waals surface area contributed by atoms with Crippen LogP contribution in [0.5, 0.6) is 0 Å². The third kappa shape index (κ3) is 3.13. The predicted octanol–water partition coefficient (Wildman–Crippen LogP) is 2.04. The molecule has 1 saturated carbocycles. The van der Waals surface area contributed by atoms with Crippen molar-refractivity contribution in [2.75, 3.05) is 18.4 Å². The Labute approximate surface area is 102 Å². The fourth-order valence-electron chi connectivity index (χ4n) is 1.65. The molecule has 0 radical (unpaired) electrons. The van der Waals surface area contributed by atoms with E-state index >= 15 is 0 Å². The number of hydrogen-bond donors (Lipinski definition) is 2. The highest BCUT2D eigenvalue weighted by Gasteiger charge is 2.22. The standard InChI is InChI=1S/C11H13F2N3O2/c12-7-5-9(13)11(16(17)18)10(6-7)15-4-3-14-8-1-2-8/h5-6,8,14-15H,1-4H2. The molecular formula is C11H13F2N3O2. The van der Waals surface area contributed by atoms with Crippen LogP contribution in [0.2, 0.25) is 0 Å². The van der Waals surface area contributed by atoms with Crippen LogP contribution in [0.1, 0.15) is 12.8 Å². The highest BCUT2D eigenvalue weighted by atomic mass is 19.1. The molecule has 0 aliphatic heterocycles. The smallest absolute Gasteiger partial charge is 0.327 e. The average molecular weight is 257 g/mol. The van der Waals surface area contributed by atoms with Crippen LogP contribution in [-0.4, -0.2) is 24.1 Å². The topological polar surface area (TPSA) is 67.2 Å². The summed E-state index contributed by atoms with van der Waals surface area (Å²) in [7, 11) is 0. The molecule has 0 atom stereocenters. The fraction of sp³-hybridized carbons (Fsp3) is 0.455. The molecule has 0 amide bonds. The van der Waals surface area contributed by atoms with Crippen molar-refractivity contribution in [3.8, 4) is 0 Å². The quantitative estimate of drug-likeness (QED) is 0.465. The SMILES string of the molecule is O=[N+]([O-])c1c(F)cc(F)cc1NCCNC1CC1. The van der Waals surface area contributed by atoms with Gasteiger partial charge in [0.25, 0.3) is 0 Å². The van der Waals surface area contributed by atoms with E-state index in [1.807, 2.05) is 0 Å². The average Bonchev–Trinajstić information content (AvgIpc) is 3.06. The van der Waals surface area contributed by atoms with Gasteiger partial charge in [0, 0.05) is 31.3 Å². The highest BCUT2D eigenvalue weighted by Crippen LogP contribution is 2.28. The minimum atomic E-state index is -1.17. The zero-order valence-electron chi connectivity index (χ0n) is 9.58. The van der Waals surface area contributed by atoms with Crippen LogP contribution < -0.4 is 10.6 Å². The van der Waals surface area contributed by atoms with Gasteiger partial charge < -0.3 is 10.6 Å². The monoisotopic (exact) mass is 257 g/mol. The zero-order chi connectivity index (χ0) is 13.1. The summed E-state index contributed by atoms with van der Waals surface area (Å²) in [6, 6.07) is 1.95. The van der Waals surface area contributed by atoms with Gasteiger partial charge in [0.05, 0.1) is 4.92 Å². The van der Waals surface area contributed by atoms with Crippen molar-refractivity contribution in [3.05, 3.63) is 33.9 Å². The van der Waals surface area contributed by atoms with E-state index in [-0.39, 0.29) is 5.69 Å². The van der Waals surface area contributed by atoms with E-state index in [0.29, 0.717) is 25.2 Å². The number of anilines is 1. The first-order chi connectivity index (χ1) is 8.58. The molecular weight excluding hydrogens is 244 g/mol. The maximum Gasteiger partial charge on any atom is 0.327 e. The lowest BCUT2D eigenvalue weighted by molar-refractivity contribution is -0.386. The molecule has 1 aromatic rings. The third-order valence-electron chi connectivity index (χ3n) is 2.66. The van der Waals surface area contributed by atoms with E-state index in [2.05, 4.69) is 10.6 Å². The summed E-state index contributed by atoms with van der Waals surface area (Å²) in [5.41, 5.74) is -0.849. The molecule has 2 rings (SSSR count). The van der Waals surface area contributed by atoms with Gasteiger partial charge in [-0.3, -0.25) is 10.1 Å². The second-order valence-electron chi connectivity index (χ2n) is 4.20. The Morgan fingerprint density at radius 3 is 2.67 bits per heavy atom. The summed E-state index contributed by atoms with van der Waals surface area (Å²) >= 11 is 0. The summed E-state index contributed by atoms with van der Waals surface area (Å²) < 4.78 is 26.3. The van der Waals surface area contributed by atoms with Crippen LogP contribution in [0.4, 0.5) is 20.2 Å². The largest absolute Gasteiger partial charge is 0.378 e. The Kier molecular flexibility index (Phi) is 3.71. The van der Waals surface area contributed by atoms with Gasteiger partial charge in [0.1, 0.15) is 11.5 Å². The normalized spacial score (nSPS) is 14.6. The molecule has 0 heterocycles. The van der Waals surface area contributed by atoms with Gasteiger partial charge in [-0.2, -0.15) is 4.39 Å². The number of halogens is 2. The molecule has 1 aliphatic carbocycles. The Hall–Kier alpha value is -1.76. The van der Waals surface area contributed by atoms with E-state index in [0.717, 1.165) is 18.9 Å². The number of nitrogens with one attached hydrogen (secondary N) is 2. The Balaban J connectivity index is 2.02. The second kappa shape index (κ2) is 5.26. The number of hydrogen-bond acceptors (Lipinski definition) is 4. The van der Waals surface area contributed by atoms with E-state index in [1.165, 1.54) is 0 Å². The van der Waals surface area contributed by atoms with Gasteiger partial charge in [-0.05, 0) is 12.8 Å². The maximum absolute atomic E-state index is 13.3. The minimum absolute atomic E-state index is 0.130. The van der Waals surface area contributed by atoms with E-state index < -0.39 is 22.2 Å². The fourth-order valence-corrected chi connectivity index (χ4v) is 1.65. The summed E-state index contributed by atoms with van der Waals surface area (Å²) in [4.78, 5) is 9.84. The van der Waals surface area contributed by atoms with Gasteiger partial charge in [-0.1, -0.05) is 0 Å². The first kappa shape index (κ1) is 12.7. The molecule has 0 bridgehead atoms. The highest BCUT2D eigenvalue weighted by molar-refractivity contribution is 5.62. The molecule has 0 saturated heterocycles. The molecule has 1 aromatic carbocycles. The summed E-state index contributed by atoms with van der Waals surface area (Å²) in [5, 5.41) is 16.6. The first-order valence-electron chi connectivity index (χ1n) is 5.68. The zero-order valence-corrected chi connectivity index (χ0v) is 9.58. The molecule has 2 N–H and O–H groups in total. The molecule has 0 unspecified atom stereocenters. The molecule has 5 nitrogen and oxygen atoms in total. The lowest BCUT2D eigenvalue weighted by atomic mass is 10.2. The van der Waals surface area contributed by atoms with Gasteiger partial charge in [-0.15, -0.1) is 0 Å². The minimum Gasteiger partial charge on any atom is -0.378 e. The number of benzene rings is 1. The third-order valence-corrected chi connectivity index (χ3v) is 2.66. The van der Waals surface area contributed by atoms with Crippen molar-refractivity contribution >= 4 is 11.4 Å². The Bertz CT molecular complexity index is 464. The molecule has 18 heavy (non-hydrogen) atoms. The Morgan fingerprint density at radius 1 is 1.33 bits per heavy atom. The molecule has 0 spiro atoms. The van der Waals surface area contributed by atoms with Crippen molar-refractivity contribution in [3.63, 3.8) is 0 Å². The van der Waals surface area contributed by atoms with Crippen molar-refractivity contribution in [1.82, 2.24) is 5.32 Å². The summed E-state index contributed by atoms with van der Waals surface area (Å²) in [6.07, 6.45) is 2.27. The molecule has 1 fully saturated rings. The van der Waals surface area contributed by atoms with Gasteiger partial charge in [0.2, 0.25) is 5.82 Å². The molecule has 7 heteroatoms. The van der Waals surface area contributed by atoms with Gasteiger partial charge in [-0.25, -0.2) is 4.39 Å². The predicted molar refractivity (Wildman–Crippen MR) is 62.5 cm³/mol. The van der Waals surface area contributed by atoms with Crippen molar-refractivity contribution < 1.29 is 13.7 Å². The van der Waals surface area contributed by atoms with Crippen LogP contribution in [0, 0.1) is 21.7 Å². The van der Waals surface area contributed by atoms with Crippen LogP contribution in [0.25, 0.3) is 0 Å². The first-order valence-corrected chi connectivity index (χ1v) is 5.68. The Morgan fingerprint density at radius 2 is 2.06 bits per heavy atom. The van der Waals surface area contributed by atoms with Crippen molar-refractivity contribution in [2.45, 2.75) is 18.9 Å².